The van der Waals surface area contributed by atoms with Crippen LogP contribution in [-0.4, -0.2) is 30.9 Å². The Morgan fingerprint density at radius 2 is 1.58 bits per heavy atom. The van der Waals surface area contributed by atoms with Crippen LogP contribution in [0.1, 0.15) is 43.6 Å². The molecule has 0 aliphatic carbocycles. The van der Waals surface area contributed by atoms with E-state index in [1.807, 2.05) is 19.1 Å². The smallest absolute Gasteiger partial charge is 0.335 e. The minimum atomic E-state index is -1.00. The lowest BCUT2D eigenvalue weighted by Gasteiger charge is -2.19. The molecule has 0 heterocycles. The molecule has 0 radical (unpaired) electrons. The summed E-state index contributed by atoms with van der Waals surface area (Å²) in [4.78, 5) is 11.1. The molecule has 2 aromatic rings. The Morgan fingerprint density at radius 1 is 0.923 bits per heavy atom. The van der Waals surface area contributed by atoms with Crippen LogP contribution in [-0.2, 0) is 5.41 Å². The van der Waals surface area contributed by atoms with Gasteiger partial charge in [-0.3, -0.25) is 0 Å². The van der Waals surface area contributed by atoms with E-state index in [1.165, 1.54) is 17.7 Å². The highest BCUT2D eigenvalue weighted by molar-refractivity contribution is 5.88. The Labute approximate surface area is 154 Å². The van der Waals surface area contributed by atoms with Crippen molar-refractivity contribution < 1.29 is 24.1 Å². The molecule has 140 valence electrons. The molecule has 0 bridgehead atoms. The zero-order valence-electron chi connectivity index (χ0n) is 15.7. The van der Waals surface area contributed by atoms with Crippen molar-refractivity contribution in [1.82, 2.24) is 0 Å². The summed E-state index contributed by atoms with van der Waals surface area (Å²) in [5, 5.41) is 9.06. The second-order valence-electron chi connectivity index (χ2n) is 6.87. The first-order valence-corrected chi connectivity index (χ1v) is 8.67. The monoisotopic (exact) mass is 358 g/mol. The lowest BCUT2D eigenvalue weighted by Crippen LogP contribution is -2.12. The van der Waals surface area contributed by atoms with Crippen LogP contribution in [0.3, 0.4) is 0 Å². The van der Waals surface area contributed by atoms with E-state index in [1.54, 1.807) is 6.07 Å². The molecule has 0 unspecified atom stereocenters. The number of carboxylic acid groups (broad SMARTS) is 1. The number of benzene rings is 2. The first kappa shape index (κ1) is 19.6. The fraction of sp³-hybridized carbons (Fsp3) is 0.381. The second kappa shape index (κ2) is 8.61. The molecule has 0 aromatic heterocycles. The van der Waals surface area contributed by atoms with E-state index in [0.29, 0.717) is 31.3 Å². The topological polar surface area (TPSA) is 65.0 Å². The Morgan fingerprint density at radius 3 is 2.15 bits per heavy atom. The maximum Gasteiger partial charge on any atom is 0.335 e. The number of ether oxygens (including phenoxy) is 3. The first-order valence-electron chi connectivity index (χ1n) is 8.67. The summed E-state index contributed by atoms with van der Waals surface area (Å²) in [5.74, 6) is 0.706. The molecule has 0 amide bonds. The van der Waals surface area contributed by atoms with Crippen molar-refractivity contribution in [2.75, 3.05) is 19.8 Å². The van der Waals surface area contributed by atoms with Crippen LogP contribution < -0.4 is 14.2 Å². The van der Waals surface area contributed by atoms with Gasteiger partial charge in [-0.05, 0) is 48.2 Å². The molecular formula is C21H26O5. The molecule has 2 aromatic carbocycles. The van der Waals surface area contributed by atoms with E-state index >= 15 is 0 Å². The normalized spacial score (nSPS) is 11.1. The van der Waals surface area contributed by atoms with Crippen molar-refractivity contribution in [3.8, 4) is 17.2 Å². The van der Waals surface area contributed by atoms with E-state index < -0.39 is 5.97 Å². The molecule has 2 rings (SSSR count). The summed E-state index contributed by atoms with van der Waals surface area (Å²) in [5.41, 5.74) is 1.52. The fourth-order valence-electron chi connectivity index (χ4n) is 2.39. The van der Waals surface area contributed by atoms with Gasteiger partial charge in [0.25, 0.3) is 0 Å². The molecule has 1 N–H and O–H groups in total. The van der Waals surface area contributed by atoms with Crippen LogP contribution in [0.15, 0.2) is 42.5 Å². The third kappa shape index (κ3) is 5.41. The lowest BCUT2D eigenvalue weighted by molar-refractivity contribution is 0.0696. The van der Waals surface area contributed by atoms with E-state index in [9.17, 15) is 4.79 Å². The van der Waals surface area contributed by atoms with Gasteiger partial charge in [0.2, 0.25) is 0 Å². The third-order valence-electron chi connectivity index (χ3n) is 3.82. The molecule has 5 nitrogen and oxygen atoms in total. The van der Waals surface area contributed by atoms with Crippen LogP contribution in [0.5, 0.6) is 17.2 Å². The van der Waals surface area contributed by atoms with Gasteiger partial charge < -0.3 is 19.3 Å². The number of hydrogen-bond acceptors (Lipinski definition) is 4. The zero-order valence-corrected chi connectivity index (χ0v) is 15.7. The predicted molar refractivity (Wildman–Crippen MR) is 101 cm³/mol. The highest BCUT2D eigenvalue weighted by Gasteiger charge is 2.13. The Balaban J connectivity index is 1.90. The molecule has 0 atom stereocenters. The van der Waals surface area contributed by atoms with Crippen LogP contribution in [0.25, 0.3) is 0 Å². The van der Waals surface area contributed by atoms with Crippen LogP contribution in [0, 0.1) is 0 Å². The van der Waals surface area contributed by atoms with Crippen LogP contribution in [0.4, 0.5) is 0 Å². The fourth-order valence-corrected chi connectivity index (χ4v) is 2.39. The van der Waals surface area contributed by atoms with Crippen molar-refractivity contribution >= 4 is 5.97 Å². The van der Waals surface area contributed by atoms with E-state index in [2.05, 4.69) is 32.9 Å². The van der Waals surface area contributed by atoms with Crippen LogP contribution in [0.2, 0.25) is 0 Å². The summed E-state index contributed by atoms with van der Waals surface area (Å²) in [6.45, 7) is 9.47. The standard InChI is InChI=1S/C21H26O5/c1-5-24-19-14-15(20(22)23)6-11-18(19)26-13-12-25-17-9-7-16(8-10-17)21(2,3)4/h6-11,14H,5,12-13H2,1-4H3,(H,22,23). The largest absolute Gasteiger partial charge is 0.490 e. The van der Waals surface area contributed by atoms with Crippen molar-refractivity contribution in [3.05, 3.63) is 53.6 Å². The number of rotatable bonds is 8. The average Bonchev–Trinajstić information content (AvgIpc) is 2.59. The van der Waals surface area contributed by atoms with Crippen molar-refractivity contribution in [1.29, 1.82) is 0 Å². The Hall–Kier alpha value is -2.69. The lowest BCUT2D eigenvalue weighted by atomic mass is 9.87. The van der Waals surface area contributed by atoms with Gasteiger partial charge in [0.05, 0.1) is 12.2 Å². The highest BCUT2D eigenvalue weighted by atomic mass is 16.5. The molecule has 0 fully saturated rings. The minimum Gasteiger partial charge on any atom is -0.490 e. The number of hydrogen-bond donors (Lipinski definition) is 1. The van der Waals surface area contributed by atoms with E-state index in [0.717, 1.165) is 5.75 Å². The van der Waals surface area contributed by atoms with Gasteiger partial charge >= 0.3 is 5.97 Å². The maximum atomic E-state index is 11.1. The van der Waals surface area contributed by atoms with Gasteiger partial charge in [-0.2, -0.15) is 0 Å². The molecule has 0 aliphatic heterocycles. The van der Waals surface area contributed by atoms with Crippen molar-refractivity contribution in [2.45, 2.75) is 33.1 Å². The molecule has 5 heteroatoms. The van der Waals surface area contributed by atoms with E-state index in [-0.39, 0.29) is 11.0 Å². The van der Waals surface area contributed by atoms with Gasteiger partial charge in [0.1, 0.15) is 19.0 Å². The molecule has 0 saturated heterocycles. The second-order valence-corrected chi connectivity index (χ2v) is 6.87. The maximum absolute atomic E-state index is 11.1. The number of carbonyl (C=O) groups is 1. The minimum absolute atomic E-state index is 0.111. The summed E-state index contributed by atoms with van der Waals surface area (Å²) in [7, 11) is 0. The summed E-state index contributed by atoms with van der Waals surface area (Å²) in [6.07, 6.45) is 0. The zero-order chi connectivity index (χ0) is 19.2. The Bertz CT molecular complexity index is 729. The Kier molecular flexibility index (Phi) is 6.50. The van der Waals surface area contributed by atoms with Gasteiger partial charge in [0.15, 0.2) is 11.5 Å². The molecular weight excluding hydrogens is 332 g/mol. The molecule has 0 aliphatic rings. The quantitative estimate of drug-likeness (QED) is 0.702. The van der Waals surface area contributed by atoms with E-state index in [4.69, 9.17) is 19.3 Å². The molecule has 26 heavy (non-hydrogen) atoms. The van der Waals surface area contributed by atoms with Gasteiger partial charge in [-0.25, -0.2) is 4.79 Å². The molecule has 0 saturated carbocycles. The third-order valence-corrected chi connectivity index (χ3v) is 3.82. The van der Waals surface area contributed by atoms with Crippen molar-refractivity contribution in [2.24, 2.45) is 0 Å². The SMILES string of the molecule is CCOc1cc(C(=O)O)ccc1OCCOc1ccc(C(C)(C)C)cc1. The number of carboxylic acids is 1. The summed E-state index contributed by atoms with van der Waals surface area (Å²) < 4.78 is 16.8. The first-order chi connectivity index (χ1) is 12.3. The summed E-state index contributed by atoms with van der Waals surface area (Å²) >= 11 is 0. The predicted octanol–water partition coefficient (Wildman–Crippen LogP) is 4.54. The summed E-state index contributed by atoms with van der Waals surface area (Å²) in [6, 6.07) is 12.6. The van der Waals surface area contributed by atoms with Crippen LogP contribution >= 0.6 is 0 Å². The molecule has 0 spiro atoms. The average molecular weight is 358 g/mol. The highest BCUT2D eigenvalue weighted by Crippen LogP contribution is 2.29. The number of aromatic carboxylic acids is 1. The van der Waals surface area contributed by atoms with Gasteiger partial charge in [-0.15, -0.1) is 0 Å². The van der Waals surface area contributed by atoms with Crippen molar-refractivity contribution in [3.63, 3.8) is 0 Å². The van der Waals surface area contributed by atoms with Gasteiger partial charge in [-0.1, -0.05) is 32.9 Å². The van der Waals surface area contributed by atoms with Gasteiger partial charge in [0, 0.05) is 0 Å².